The van der Waals surface area contributed by atoms with Gasteiger partial charge in [-0.3, -0.25) is 0 Å². The Balaban J connectivity index is 2.20. The second-order valence-corrected chi connectivity index (χ2v) is 15.0. The van der Waals surface area contributed by atoms with Crippen LogP contribution in [0.1, 0.15) is 18.4 Å². The third-order valence-electron chi connectivity index (χ3n) is 4.63. The number of phenolic OH excluding ortho intramolecular Hbond substituents is 1. The van der Waals surface area contributed by atoms with E-state index < -0.39 is 72.1 Å². The third-order valence-corrected chi connectivity index (χ3v) is 10.2. The molecule has 186 valence electrons. The molecule has 0 radical (unpaired) electrons. The summed E-state index contributed by atoms with van der Waals surface area (Å²) in [5, 5.41) is 9.59. The number of halogens is 7. The van der Waals surface area contributed by atoms with Crippen LogP contribution in [0.2, 0.25) is 5.02 Å². The molecule has 1 N–H and O–H groups in total. The van der Waals surface area contributed by atoms with E-state index in [1.165, 1.54) is 0 Å². The van der Waals surface area contributed by atoms with Gasteiger partial charge in [0.2, 0.25) is 9.84 Å². The fraction of sp³-hybridized carbons (Fsp3) is 0.294. The van der Waals surface area contributed by atoms with Crippen molar-refractivity contribution in [2.75, 3.05) is 6.61 Å². The molecule has 2 aromatic rings. The Kier molecular flexibility index (Phi) is 6.16. The molecule has 3 rings (SSSR count). The van der Waals surface area contributed by atoms with Crippen LogP contribution < -0.4 is 0 Å². The van der Waals surface area contributed by atoms with E-state index in [1.54, 1.807) is 0 Å². The molecule has 1 saturated heterocycles. The van der Waals surface area contributed by atoms with Gasteiger partial charge >= 0.3 is 10.2 Å². The number of rotatable bonds is 6. The molecule has 1 unspecified atom stereocenters. The highest BCUT2D eigenvalue weighted by atomic mass is 79.9. The maximum atomic E-state index is 13.6. The number of sulfone groups is 2. The van der Waals surface area contributed by atoms with Crippen LogP contribution in [-0.2, 0) is 30.2 Å². The van der Waals surface area contributed by atoms with Crippen LogP contribution in [0.25, 0.3) is 0 Å². The Labute approximate surface area is 199 Å². The molecule has 1 fully saturated rings. The summed E-state index contributed by atoms with van der Waals surface area (Å²) in [4.78, 5) is -4.50. The van der Waals surface area contributed by atoms with Crippen molar-refractivity contribution in [2.24, 2.45) is 0 Å². The van der Waals surface area contributed by atoms with Crippen LogP contribution in [-0.4, -0.2) is 34.0 Å². The summed E-state index contributed by atoms with van der Waals surface area (Å²) in [5.41, 5.74) is -2.43. The molecule has 6 nitrogen and oxygen atoms in total. The van der Waals surface area contributed by atoms with Crippen LogP contribution in [0.3, 0.4) is 0 Å². The van der Waals surface area contributed by atoms with Crippen molar-refractivity contribution in [1.29, 1.82) is 0 Å². The van der Waals surface area contributed by atoms with Gasteiger partial charge in [0.1, 0.15) is 9.79 Å². The molecule has 1 aliphatic rings. The molecule has 1 atom stereocenters. The maximum Gasteiger partial charge on any atom is 0.310 e. The number of aromatic hydroxyl groups is 1. The highest BCUT2D eigenvalue weighted by molar-refractivity contribution is 9.10. The summed E-state index contributed by atoms with van der Waals surface area (Å²) in [7, 11) is -19.7. The predicted octanol–water partition coefficient (Wildman–Crippen LogP) is 6.35. The van der Waals surface area contributed by atoms with Crippen LogP contribution in [0.4, 0.5) is 19.4 Å². The zero-order valence-corrected chi connectivity index (χ0v) is 20.9. The SMILES string of the molecule is O=S(=O)(Cc1cc(S(=O)(=O)C2CCCO2)cc(S(F)(F)(F)(F)F)c1)c1cc(Br)cc(Cl)c1O. The lowest BCUT2D eigenvalue weighted by atomic mass is 10.2. The van der Waals surface area contributed by atoms with Crippen LogP contribution in [0.15, 0.2) is 49.5 Å². The number of hydrogen-bond acceptors (Lipinski definition) is 6. The van der Waals surface area contributed by atoms with Gasteiger partial charge < -0.3 is 9.84 Å². The number of benzene rings is 2. The summed E-state index contributed by atoms with van der Waals surface area (Å²) in [6, 6.07) is 2.29. The van der Waals surface area contributed by atoms with E-state index in [0.29, 0.717) is 6.07 Å². The average molecular weight is 622 g/mol. The maximum absolute atomic E-state index is 13.6. The molecule has 1 heterocycles. The fourth-order valence-corrected chi connectivity index (χ4v) is 8.07. The number of ether oxygens (including phenoxy) is 1. The predicted molar refractivity (Wildman–Crippen MR) is 116 cm³/mol. The standard InChI is InChI=1S/C17H15BrClF5O6S3/c18-11-6-14(19)17(25)15(7-11)31(26,27)9-10-4-12(32(28,29)16-2-1-3-30-16)8-13(5-10)33(20,21,22,23)24/h4-8,16,25H,1-3,9H2. The Hall–Kier alpha value is -1.13. The number of hydrogen-bond donors (Lipinski definition) is 1. The Morgan fingerprint density at radius 3 is 2.24 bits per heavy atom. The second-order valence-electron chi connectivity index (χ2n) is 7.26. The van der Waals surface area contributed by atoms with Crippen molar-refractivity contribution in [3.8, 4) is 5.75 Å². The van der Waals surface area contributed by atoms with Crippen LogP contribution in [0, 0.1) is 0 Å². The highest BCUT2D eigenvalue weighted by Crippen LogP contribution is 3.02. The van der Waals surface area contributed by atoms with Crippen molar-refractivity contribution in [2.45, 2.75) is 38.7 Å². The van der Waals surface area contributed by atoms with Crippen molar-refractivity contribution < 1.29 is 46.1 Å². The molecule has 0 saturated carbocycles. The Morgan fingerprint density at radius 2 is 1.70 bits per heavy atom. The first-order chi connectivity index (χ1) is 14.7. The van der Waals surface area contributed by atoms with Gasteiger partial charge in [-0.1, -0.05) is 47.0 Å². The molecule has 0 aliphatic carbocycles. The van der Waals surface area contributed by atoms with Gasteiger partial charge in [0.05, 0.1) is 15.7 Å². The summed E-state index contributed by atoms with van der Waals surface area (Å²) >= 11 is 8.68. The summed E-state index contributed by atoms with van der Waals surface area (Å²) < 4.78 is 124. The van der Waals surface area contributed by atoms with Crippen molar-refractivity contribution in [3.63, 3.8) is 0 Å². The quantitative estimate of drug-likeness (QED) is 0.378. The van der Waals surface area contributed by atoms with E-state index in [1.807, 2.05) is 0 Å². The van der Waals surface area contributed by atoms with Gasteiger partial charge in [-0.2, -0.15) is 0 Å². The molecule has 33 heavy (non-hydrogen) atoms. The topological polar surface area (TPSA) is 97.7 Å². The Morgan fingerprint density at radius 1 is 1.06 bits per heavy atom. The van der Waals surface area contributed by atoms with E-state index in [0.717, 1.165) is 12.1 Å². The summed E-state index contributed by atoms with van der Waals surface area (Å²) in [6.45, 7) is 0.00923. The summed E-state index contributed by atoms with van der Waals surface area (Å²) in [6.07, 6.45) is 0.219. The lowest BCUT2D eigenvalue weighted by molar-refractivity contribution is 0.165. The lowest BCUT2D eigenvalue weighted by Crippen LogP contribution is -2.21. The molecular weight excluding hydrogens is 607 g/mol. The minimum atomic E-state index is -10.4. The average Bonchev–Trinajstić information content (AvgIpc) is 3.17. The molecule has 0 aromatic heterocycles. The van der Waals surface area contributed by atoms with Gasteiger partial charge in [-0.05, 0) is 48.7 Å². The van der Waals surface area contributed by atoms with Gasteiger partial charge in [-0.25, -0.2) is 16.8 Å². The van der Waals surface area contributed by atoms with Gasteiger partial charge in [0.15, 0.2) is 21.0 Å². The molecule has 16 heteroatoms. The monoisotopic (exact) mass is 620 g/mol. The van der Waals surface area contributed by atoms with Gasteiger partial charge in [0, 0.05) is 11.1 Å². The lowest BCUT2D eigenvalue weighted by Gasteiger charge is -2.41. The molecule has 0 bridgehead atoms. The minimum Gasteiger partial charge on any atom is -0.505 e. The van der Waals surface area contributed by atoms with Crippen molar-refractivity contribution in [3.05, 3.63) is 45.4 Å². The van der Waals surface area contributed by atoms with E-state index in [-0.39, 0.29) is 36.1 Å². The van der Waals surface area contributed by atoms with E-state index in [2.05, 4.69) is 15.9 Å². The number of phenols is 1. The van der Waals surface area contributed by atoms with Crippen molar-refractivity contribution >= 4 is 57.4 Å². The van der Waals surface area contributed by atoms with E-state index >= 15 is 0 Å². The van der Waals surface area contributed by atoms with Gasteiger partial charge in [-0.15, -0.1) is 0 Å². The Bertz CT molecular complexity index is 1340. The summed E-state index contributed by atoms with van der Waals surface area (Å²) in [5.74, 6) is -2.24. The van der Waals surface area contributed by atoms with Gasteiger partial charge in [0.25, 0.3) is 0 Å². The smallest absolute Gasteiger partial charge is 0.310 e. The first-order valence-electron chi connectivity index (χ1n) is 8.85. The van der Waals surface area contributed by atoms with E-state index in [4.69, 9.17) is 16.3 Å². The zero-order chi connectivity index (χ0) is 25.1. The van der Waals surface area contributed by atoms with E-state index in [9.17, 15) is 41.4 Å². The molecule has 0 spiro atoms. The molecular formula is C17H15BrClF5O6S3. The first kappa shape index (κ1) is 26.5. The minimum absolute atomic E-state index is 0.00923. The fourth-order valence-electron chi connectivity index (χ4n) is 3.12. The first-order valence-corrected chi connectivity index (χ1v) is 15.2. The second kappa shape index (κ2) is 7.68. The zero-order valence-electron chi connectivity index (χ0n) is 16.2. The third kappa shape index (κ3) is 5.75. The van der Waals surface area contributed by atoms with Crippen molar-refractivity contribution in [1.82, 2.24) is 0 Å². The van der Waals surface area contributed by atoms with Crippen LogP contribution >= 0.6 is 37.8 Å². The molecule has 0 amide bonds. The van der Waals surface area contributed by atoms with Crippen LogP contribution in [0.5, 0.6) is 5.75 Å². The normalized spacial score (nSPS) is 19.8. The molecule has 2 aromatic carbocycles. The largest absolute Gasteiger partial charge is 0.505 e. The molecule has 1 aliphatic heterocycles. The highest BCUT2D eigenvalue weighted by Gasteiger charge is 2.65.